The first-order chi connectivity index (χ1) is 8.99. The first-order valence-corrected chi connectivity index (χ1v) is 5.56. The average Bonchev–Trinajstić information content (AvgIpc) is 2.81. The number of benzene rings is 1. The second-order valence-electron chi connectivity index (χ2n) is 4.08. The SMILES string of the molecule is C[C@H](C(=O)O)/C(=C\c1ccc2c(c1)OCO2)C(=O)O. The van der Waals surface area contributed by atoms with Crippen LogP contribution in [0.25, 0.3) is 6.08 Å². The van der Waals surface area contributed by atoms with Crippen LogP contribution < -0.4 is 9.47 Å². The predicted molar refractivity (Wildman–Crippen MR) is 65.0 cm³/mol. The maximum atomic E-state index is 11.1. The fraction of sp³-hybridized carbons (Fsp3) is 0.231. The Bertz CT molecular complexity index is 560. The van der Waals surface area contributed by atoms with E-state index in [4.69, 9.17) is 19.7 Å². The van der Waals surface area contributed by atoms with Gasteiger partial charge in [0.25, 0.3) is 0 Å². The predicted octanol–water partition coefficient (Wildman–Crippen LogP) is 1.60. The topological polar surface area (TPSA) is 93.1 Å². The zero-order chi connectivity index (χ0) is 14.0. The molecule has 0 fully saturated rings. The van der Waals surface area contributed by atoms with Gasteiger partial charge in [-0.25, -0.2) is 4.79 Å². The summed E-state index contributed by atoms with van der Waals surface area (Å²) in [6.07, 6.45) is 1.32. The number of aliphatic carboxylic acids is 2. The molecule has 0 saturated carbocycles. The summed E-state index contributed by atoms with van der Waals surface area (Å²) in [6.45, 7) is 1.45. The zero-order valence-electron chi connectivity index (χ0n) is 10.1. The summed E-state index contributed by atoms with van der Waals surface area (Å²) >= 11 is 0. The summed E-state index contributed by atoms with van der Waals surface area (Å²) in [5, 5.41) is 17.9. The smallest absolute Gasteiger partial charge is 0.332 e. The Morgan fingerprint density at radius 3 is 2.58 bits per heavy atom. The van der Waals surface area contributed by atoms with Crippen molar-refractivity contribution in [1.29, 1.82) is 0 Å². The Morgan fingerprint density at radius 2 is 1.95 bits per heavy atom. The van der Waals surface area contributed by atoms with Gasteiger partial charge in [0.05, 0.1) is 11.5 Å². The zero-order valence-corrected chi connectivity index (χ0v) is 10.1. The van der Waals surface area contributed by atoms with Crippen molar-refractivity contribution in [2.24, 2.45) is 5.92 Å². The number of fused-ring (bicyclic) bond motifs is 1. The molecule has 2 N–H and O–H groups in total. The van der Waals surface area contributed by atoms with Crippen LogP contribution >= 0.6 is 0 Å². The molecular formula is C13H12O6. The largest absolute Gasteiger partial charge is 0.481 e. The minimum absolute atomic E-state index is 0.125. The lowest BCUT2D eigenvalue weighted by Crippen LogP contribution is -2.18. The van der Waals surface area contributed by atoms with Gasteiger partial charge in [-0.3, -0.25) is 4.79 Å². The van der Waals surface area contributed by atoms with E-state index in [9.17, 15) is 9.59 Å². The highest BCUT2D eigenvalue weighted by atomic mass is 16.7. The molecular weight excluding hydrogens is 252 g/mol. The average molecular weight is 264 g/mol. The molecule has 1 heterocycles. The van der Waals surface area contributed by atoms with Crippen molar-refractivity contribution in [3.63, 3.8) is 0 Å². The highest BCUT2D eigenvalue weighted by molar-refractivity contribution is 5.98. The number of hydrogen-bond acceptors (Lipinski definition) is 4. The van der Waals surface area contributed by atoms with Gasteiger partial charge in [0.2, 0.25) is 6.79 Å². The molecule has 1 aromatic rings. The van der Waals surface area contributed by atoms with Crippen molar-refractivity contribution in [3.05, 3.63) is 29.3 Å². The van der Waals surface area contributed by atoms with E-state index in [1.807, 2.05) is 0 Å². The lowest BCUT2D eigenvalue weighted by atomic mass is 9.98. The van der Waals surface area contributed by atoms with Crippen LogP contribution in [0, 0.1) is 5.92 Å². The number of carboxylic acid groups (broad SMARTS) is 2. The summed E-state index contributed by atoms with van der Waals surface area (Å²) in [5.74, 6) is -2.44. The summed E-state index contributed by atoms with van der Waals surface area (Å²) in [7, 11) is 0. The van der Waals surface area contributed by atoms with Crippen molar-refractivity contribution in [2.45, 2.75) is 6.92 Å². The molecule has 0 amide bonds. The standard InChI is InChI=1S/C13H12O6/c1-7(12(14)15)9(13(16)17)4-8-2-3-10-11(5-8)19-6-18-10/h2-5,7H,6H2,1H3,(H,14,15)(H,16,17)/b9-4+/t7-/m0/s1. The number of carbonyl (C=O) groups is 2. The molecule has 6 nitrogen and oxygen atoms in total. The Kier molecular flexibility index (Phi) is 3.41. The molecule has 0 saturated heterocycles. The van der Waals surface area contributed by atoms with E-state index in [0.29, 0.717) is 17.1 Å². The van der Waals surface area contributed by atoms with Crippen LogP contribution in [0.2, 0.25) is 0 Å². The number of ether oxygens (including phenoxy) is 2. The molecule has 0 bridgehead atoms. The number of rotatable bonds is 4. The molecule has 1 atom stereocenters. The quantitative estimate of drug-likeness (QED) is 0.802. The Morgan fingerprint density at radius 1 is 1.26 bits per heavy atom. The van der Waals surface area contributed by atoms with E-state index in [1.54, 1.807) is 18.2 Å². The van der Waals surface area contributed by atoms with E-state index in [-0.39, 0.29) is 12.4 Å². The lowest BCUT2D eigenvalue weighted by Gasteiger charge is -2.07. The van der Waals surface area contributed by atoms with E-state index >= 15 is 0 Å². The first-order valence-electron chi connectivity index (χ1n) is 5.56. The molecule has 6 heteroatoms. The van der Waals surface area contributed by atoms with Crippen LogP contribution in [0.3, 0.4) is 0 Å². The van der Waals surface area contributed by atoms with Gasteiger partial charge < -0.3 is 19.7 Å². The summed E-state index contributed by atoms with van der Waals surface area (Å²) in [6, 6.07) is 4.91. The summed E-state index contributed by atoms with van der Waals surface area (Å²) < 4.78 is 10.3. The molecule has 19 heavy (non-hydrogen) atoms. The number of carboxylic acids is 2. The molecule has 2 rings (SSSR count). The molecule has 1 aromatic carbocycles. The van der Waals surface area contributed by atoms with E-state index in [0.717, 1.165) is 0 Å². The summed E-state index contributed by atoms with van der Waals surface area (Å²) in [4.78, 5) is 22.0. The monoisotopic (exact) mass is 264 g/mol. The Balaban J connectivity index is 2.36. The van der Waals surface area contributed by atoms with E-state index < -0.39 is 17.9 Å². The van der Waals surface area contributed by atoms with E-state index in [2.05, 4.69) is 0 Å². The van der Waals surface area contributed by atoms with Gasteiger partial charge in [-0.15, -0.1) is 0 Å². The first kappa shape index (κ1) is 12.9. The van der Waals surface area contributed by atoms with Crippen molar-refractivity contribution >= 4 is 18.0 Å². The lowest BCUT2D eigenvalue weighted by molar-refractivity contribution is -0.143. The highest BCUT2D eigenvalue weighted by Gasteiger charge is 2.23. The second-order valence-corrected chi connectivity index (χ2v) is 4.08. The van der Waals surface area contributed by atoms with Gasteiger partial charge in [0.15, 0.2) is 11.5 Å². The fourth-order valence-corrected chi connectivity index (χ4v) is 1.69. The third-order valence-corrected chi connectivity index (χ3v) is 2.80. The van der Waals surface area contributed by atoms with Gasteiger partial charge in [-0.05, 0) is 30.7 Å². The molecule has 1 aliphatic rings. The van der Waals surface area contributed by atoms with Crippen LogP contribution in [-0.2, 0) is 9.59 Å². The Labute approximate surface area is 108 Å². The Hall–Kier alpha value is -2.50. The molecule has 0 spiro atoms. The molecule has 0 radical (unpaired) electrons. The van der Waals surface area contributed by atoms with Gasteiger partial charge in [0.1, 0.15) is 0 Å². The second kappa shape index (κ2) is 5.01. The van der Waals surface area contributed by atoms with Crippen molar-refractivity contribution < 1.29 is 29.3 Å². The van der Waals surface area contributed by atoms with Crippen molar-refractivity contribution in [3.8, 4) is 11.5 Å². The van der Waals surface area contributed by atoms with Gasteiger partial charge in [-0.1, -0.05) is 6.07 Å². The van der Waals surface area contributed by atoms with Crippen LogP contribution in [-0.4, -0.2) is 28.9 Å². The van der Waals surface area contributed by atoms with Crippen LogP contribution in [0.5, 0.6) is 11.5 Å². The molecule has 0 aliphatic carbocycles. The van der Waals surface area contributed by atoms with Gasteiger partial charge >= 0.3 is 11.9 Å². The van der Waals surface area contributed by atoms with E-state index in [1.165, 1.54) is 13.0 Å². The molecule has 0 unspecified atom stereocenters. The normalized spacial score (nSPS) is 15.1. The maximum Gasteiger partial charge on any atom is 0.332 e. The van der Waals surface area contributed by atoms with Crippen molar-refractivity contribution in [2.75, 3.05) is 6.79 Å². The summed E-state index contributed by atoms with van der Waals surface area (Å²) in [5.41, 5.74) is 0.362. The molecule has 0 aromatic heterocycles. The minimum atomic E-state index is -1.26. The molecule has 1 aliphatic heterocycles. The maximum absolute atomic E-state index is 11.1. The fourth-order valence-electron chi connectivity index (χ4n) is 1.69. The van der Waals surface area contributed by atoms with Crippen LogP contribution in [0.1, 0.15) is 12.5 Å². The van der Waals surface area contributed by atoms with Crippen molar-refractivity contribution in [1.82, 2.24) is 0 Å². The van der Waals surface area contributed by atoms with Crippen LogP contribution in [0.4, 0.5) is 0 Å². The third-order valence-electron chi connectivity index (χ3n) is 2.80. The minimum Gasteiger partial charge on any atom is -0.481 e. The van der Waals surface area contributed by atoms with Crippen LogP contribution in [0.15, 0.2) is 23.8 Å². The van der Waals surface area contributed by atoms with Gasteiger partial charge in [0, 0.05) is 0 Å². The third kappa shape index (κ3) is 2.67. The highest BCUT2D eigenvalue weighted by Crippen LogP contribution is 2.33. The number of hydrogen-bond donors (Lipinski definition) is 2. The van der Waals surface area contributed by atoms with Gasteiger partial charge in [-0.2, -0.15) is 0 Å². The molecule has 100 valence electrons.